The monoisotopic (exact) mass is 772 g/mol. The molecule has 2 heterocycles. The highest BCUT2D eigenvalue weighted by Gasteiger charge is 2.31. The average molecular weight is 773 g/mol. The zero-order valence-corrected chi connectivity index (χ0v) is 30.5. The van der Waals surface area contributed by atoms with Crippen molar-refractivity contribution in [2.24, 2.45) is 0 Å². The zero-order chi connectivity index (χ0) is 40.0. The van der Waals surface area contributed by atoms with Gasteiger partial charge in [-0.15, -0.1) is 0 Å². The fraction of sp³-hybridized carbons (Fsp3) is 0.0400. The Morgan fingerprint density at radius 1 is 0.293 bits per heavy atom. The van der Waals surface area contributed by atoms with E-state index in [-0.39, 0.29) is 0 Å². The van der Waals surface area contributed by atoms with Crippen molar-refractivity contribution in [1.29, 1.82) is 0 Å². The van der Waals surface area contributed by atoms with E-state index in [0.29, 0.717) is 33.5 Å². The molecule has 0 unspecified atom stereocenters. The van der Waals surface area contributed by atoms with Gasteiger partial charge in [0.2, 0.25) is 0 Å². The molecular formula is C50H30F6N2. The van der Waals surface area contributed by atoms with E-state index in [2.05, 4.69) is 0 Å². The standard InChI is InChI=1S/C50H30F6N2/c51-49(52,53)39-23-19-37(20-24-39)45-29-43(35-15-11-33(12-16-35)31-7-3-1-4-8-31)41-27-28-42-44(36-17-13-34(14-18-36)32-9-5-2-6-10-32)30-46(58-48(42)47(41)57-45)38-21-25-40(26-22-38)50(54,55)56/h1-30H. The summed E-state index contributed by atoms with van der Waals surface area (Å²) in [7, 11) is 0. The van der Waals surface area contributed by atoms with E-state index in [0.717, 1.165) is 79.5 Å². The highest BCUT2D eigenvalue weighted by atomic mass is 19.4. The van der Waals surface area contributed by atoms with Gasteiger partial charge in [-0.25, -0.2) is 9.97 Å². The van der Waals surface area contributed by atoms with Gasteiger partial charge in [-0.3, -0.25) is 0 Å². The SMILES string of the molecule is FC(F)(F)c1ccc(-c2cc(-c3ccc(-c4ccccc4)cc3)c3ccc4c(-c5ccc(-c6ccccc6)cc5)cc(-c5ccc(C(F)(F)F)cc5)nc4c3n2)cc1. The number of aromatic nitrogens is 2. The fourth-order valence-corrected chi connectivity index (χ4v) is 7.35. The predicted octanol–water partition coefficient (Wildman–Crippen LogP) is 14.8. The van der Waals surface area contributed by atoms with Crippen LogP contribution in [0.5, 0.6) is 0 Å². The summed E-state index contributed by atoms with van der Waals surface area (Å²) >= 11 is 0. The van der Waals surface area contributed by atoms with Gasteiger partial charge in [0.25, 0.3) is 0 Å². The second-order valence-electron chi connectivity index (χ2n) is 14.0. The van der Waals surface area contributed by atoms with Crippen LogP contribution in [-0.4, -0.2) is 9.97 Å². The van der Waals surface area contributed by atoms with E-state index in [1.54, 1.807) is 0 Å². The van der Waals surface area contributed by atoms with Crippen molar-refractivity contribution in [2.45, 2.75) is 12.4 Å². The fourth-order valence-electron chi connectivity index (χ4n) is 7.35. The second-order valence-corrected chi connectivity index (χ2v) is 14.0. The van der Waals surface area contributed by atoms with Gasteiger partial charge >= 0.3 is 12.4 Å². The molecule has 9 aromatic rings. The molecule has 0 aliphatic carbocycles. The Bertz CT molecular complexity index is 2700. The number of benzene rings is 7. The molecule has 0 aliphatic rings. The van der Waals surface area contributed by atoms with E-state index in [9.17, 15) is 26.3 Å². The van der Waals surface area contributed by atoms with Gasteiger partial charge < -0.3 is 0 Å². The van der Waals surface area contributed by atoms with Gasteiger partial charge in [0.05, 0.1) is 33.5 Å². The van der Waals surface area contributed by atoms with Crippen LogP contribution in [0.1, 0.15) is 11.1 Å². The summed E-state index contributed by atoms with van der Waals surface area (Å²) in [6.07, 6.45) is -9.02. The summed E-state index contributed by atoms with van der Waals surface area (Å²) < 4.78 is 81.7. The van der Waals surface area contributed by atoms with Crippen LogP contribution in [0.15, 0.2) is 182 Å². The van der Waals surface area contributed by atoms with E-state index in [1.807, 2.05) is 133 Å². The van der Waals surface area contributed by atoms with E-state index in [4.69, 9.17) is 9.97 Å². The molecule has 0 atom stereocenters. The Morgan fingerprint density at radius 2 is 0.586 bits per heavy atom. The van der Waals surface area contributed by atoms with Crippen molar-refractivity contribution in [3.63, 3.8) is 0 Å². The molecule has 0 aliphatic heterocycles. The molecule has 2 aromatic heterocycles. The predicted molar refractivity (Wildman–Crippen MR) is 220 cm³/mol. The molecule has 0 bridgehead atoms. The van der Waals surface area contributed by atoms with Crippen molar-refractivity contribution in [1.82, 2.24) is 9.97 Å². The Morgan fingerprint density at radius 3 is 0.914 bits per heavy atom. The van der Waals surface area contributed by atoms with Gasteiger partial charge in [0.15, 0.2) is 0 Å². The lowest BCUT2D eigenvalue weighted by Gasteiger charge is -2.16. The molecule has 0 saturated heterocycles. The molecular weight excluding hydrogens is 743 g/mol. The Hall–Kier alpha value is -7.06. The van der Waals surface area contributed by atoms with Crippen molar-refractivity contribution >= 4 is 21.8 Å². The van der Waals surface area contributed by atoms with Crippen LogP contribution in [0.25, 0.3) is 88.8 Å². The first-order valence-electron chi connectivity index (χ1n) is 18.5. The highest BCUT2D eigenvalue weighted by molar-refractivity contribution is 6.13. The summed E-state index contributed by atoms with van der Waals surface area (Å²) in [5.41, 5.74) is 8.69. The molecule has 8 heteroatoms. The molecule has 7 aromatic carbocycles. The van der Waals surface area contributed by atoms with Gasteiger partial charge in [-0.05, 0) is 80.9 Å². The van der Waals surface area contributed by atoms with Crippen molar-refractivity contribution in [3.8, 4) is 67.0 Å². The minimum Gasteiger partial charge on any atom is -0.245 e. The van der Waals surface area contributed by atoms with E-state index in [1.165, 1.54) is 24.3 Å². The minimum atomic E-state index is -4.51. The van der Waals surface area contributed by atoms with Gasteiger partial charge in [-0.2, -0.15) is 26.3 Å². The molecule has 282 valence electrons. The minimum absolute atomic E-state index is 0.436. The van der Waals surface area contributed by atoms with Crippen LogP contribution in [0.2, 0.25) is 0 Å². The normalized spacial score (nSPS) is 12.0. The third-order valence-corrected chi connectivity index (χ3v) is 10.4. The lowest BCUT2D eigenvalue weighted by Crippen LogP contribution is -2.04. The molecule has 0 N–H and O–H groups in total. The lowest BCUT2D eigenvalue weighted by molar-refractivity contribution is -0.138. The number of fused-ring (bicyclic) bond motifs is 3. The number of pyridine rings is 2. The van der Waals surface area contributed by atoms with Crippen LogP contribution in [0.3, 0.4) is 0 Å². The topological polar surface area (TPSA) is 25.8 Å². The second kappa shape index (κ2) is 14.5. The van der Waals surface area contributed by atoms with Crippen LogP contribution in [-0.2, 0) is 12.4 Å². The maximum atomic E-state index is 13.6. The van der Waals surface area contributed by atoms with Gasteiger partial charge in [0.1, 0.15) is 0 Å². The molecule has 0 saturated carbocycles. The maximum absolute atomic E-state index is 13.6. The van der Waals surface area contributed by atoms with Crippen molar-refractivity contribution in [2.75, 3.05) is 0 Å². The molecule has 9 rings (SSSR count). The maximum Gasteiger partial charge on any atom is 0.416 e. The molecule has 58 heavy (non-hydrogen) atoms. The quantitative estimate of drug-likeness (QED) is 0.124. The number of rotatable bonds is 6. The molecule has 0 spiro atoms. The Kier molecular flexibility index (Phi) is 9.12. The number of alkyl halides is 6. The Labute approximate surface area is 329 Å². The van der Waals surface area contributed by atoms with Crippen LogP contribution >= 0.6 is 0 Å². The van der Waals surface area contributed by atoms with Crippen molar-refractivity contribution < 1.29 is 26.3 Å². The van der Waals surface area contributed by atoms with Crippen molar-refractivity contribution in [3.05, 3.63) is 193 Å². The largest absolute Gasteiger partial charge is 0.416 e. The number of nitrogens with zero attached hydrogens (tertiary/aromatic N) is 2. The summed E-state index contributed by atoms with van der Waals surface area (Å²) in [4.78, 5) is 10.2. The molecule has 2 nitrogen and oxygen atoms in total. The third kappa shape index (κ3) is 7.09. The zero-order valence-electron chi connectivity index (χ0n) is 30.5. The molecule has 0 fully saturated rings. The first kappa shape index (κ1) is 36.6. The molecule has 0 amide bonds. The highest BCUT2D eigenvalue weighted by Crippen LogP contribution is 2.41. The first-order chi connectivity index (χ1) is 28.0. The van der Waals surface area contributed by atoms with Gasteiger partial charge in [-0.1, -0.05) is 146 Å². The van der Waals surface area contributed by atoms with E-state index >= 15 is 0 Å². The van der Waals surface area contributed by atoms with E-state index < -0.39 is 23.5 Å². The molecule has 0 radical (unpaired) electrons. The summed E-state index contributed by atoms with van der Waals surface area (Å²) in [6.45, 7) is 0. The number of halogens is 6. The Balaban J connectivity index is 1.29. The average Bonchev–Trinajstić information content (AvgIpc) is 3.26. The smallest absolute Gasteiger partial charge is 0.245 e. The van der Waals surface area contributed by atoms with Gasteiger partial charge in [0, 0.05) is 21.9 Å². The van der Waals surface area contributed by atoms with Crippen LogP contribution in [0, 0.1) is 0 Å². The first-order valence-corrected chi connectivity index (χ1v) is 18.5. The summed E-state index contributed by atoms with van der Waals surface area (Å²) in [5.74, 6) is 0. The summed E-state index contributed by atoms with van der Waals surface area (Å²) in [5, 5.41) is 1.50. The van der Waals surface area contributed by atoms with Crippen LogP contribution in [0.4, 0.5) is 26.3 Å². The number of hydrogen-bond donors (Lipinski definition) is 0. The summed E-state index contributed by atoms with van der Waals surface area (Å²) in [6, 6.07) is 53.5. The number of hydrogen-bond acceptors (Lipinski definition) is 2. The lowest BCUT2D eigenvalue weighted by atomic mass is 9.92. The van der Waals surface area contributed by atoms with Crippen LogP contribution < -0.4 is 0 Å². The third-order valence-electron chi connectivity index (χ3n) is 10.4.